The van der Waals surface area contributed by atoms with Gasteiger partial charge in [-0.05, 0) is 31.7 Å². The Hall–Kier alpha value is -0.0900. The fraction of sp³-hybridized carbons (Fsp3) is 0.692. The maximum atomic E-state index is 5.92. The summed E-state index contributed by atoms with van der Waals surface area (Å²) in [4.78, 5) is 3.92. The molecule has 0 saturated carbocycles. The van der Waals surface area contributed by atoms with E-state index in [2.05, 4.69) is 36.3 Å². The van der Waals surface area contributed by atoms with Gasteiger partial charge in [0.2, 0.25) is 0 Å². The van der Waals surface area contributed by atoms with Crippen LogP contribution in [0.3, 0.4) is 0 Å². The van der Waals surface area contributed by atoms with Gasteiger partial charge in [-0.1, -0.05) is 6.07 Å². The van der Waals surface area contributed by atoms with Crippen molar-refractivity contribution < 1.29 is 4.74 Å². The van der Waals surface area contributed by atoms with Crippen LogP contribution in [0.4, 0.5) is 0 Å². The molecule has 2 rings (SSSR count). The molecule has 1 aliphatic heterocycles. The van der Waals surface area contributed by atoms with E-state index in [-0.39, 0.29) is 11.7 Å². The average molecular weight is 274 g/mol. The van der Waals surface area contributed by atoms with Gasteiger partial charge in [-0.25, -0.2) is 0 Å². The van der Waals surface area contributed by atoms with Crippen LogP contribution in [0.25, 0.3) is 0 Å². The first-order valence-electron chi connectivity index (χ1n) is 6.07. The molecule has 4 heteroatoms. The second-order valence-electron chi connectivity index (χ2n) is 5.22. The van der Waals surface area contributed by atoms with Crippen molar-refractivity contribution in [3.63, 3.8) is 0 Å². The molecule has 0 spiro atoms. The van der Waals surface area contributed by atoms with Gasteiger partial charge in [-0.3, -0.25) is 4.90 Å². The summed E-state index contributed by atoms with van der Waals surface area (Å²) >= 11 is 7.76. The van der Waals surface area contributed by atoms with Gasteiger partial charge in [0.1, 0.15) is 0 Å². The molecule has 17 heavy (non-hydrogen) atoms. The summed E-state index contributed by atoms with van der Waals surface area (Å²) < 4.78 is 5.92. The number of ether oxygens (including phenoxy) is 1. The molecule has 0 aliphatic carbocycles. The van der Waals surface area contributed by atoms with Crippen LogP contribution in [-0.4, -0.2) is 42.1 Å². The second-order valence-corrected chi connectivity index (χ2v) is 6.56. The van der Waals surface area contributed by atoms with E-state index in [1.54, 1.807) is 0 Å². The Balaban J connectivity index is 1.87. The first kappa shape index (κ1) is 13.3. The maximum Gasteiger partial charge on any atom is 0.0844 e. The quantitative estimate of drug-likeness (QED) is 0.782. The van der Waals surface area contributed by atoms with Gasteiger partial charge in [0.15, 0.2) is 0 Å². The van der Waals surface area contributed by atoms with E-state index >= 15 is 0 Å². The minimum absolute atomic E-state index is 0.0761. The van der Waals surface area contributed by atoms with Crippen molar-refractivity contribution in [3.05, 3.63) is 22.4 Å². The number of alkyl halides is 1. The first-order valence-corrected chi connectivity index (χ1v) is 7.49. The molecular weight excluding hydrogens is 254 g/mol. The number of halogens is 1. The van der Waals surface area contributed by atoms with Crippen molar-refractivity contribution in [3.8, 4) is 0 Å². The highest BCUT2D eigenvalue weighted by molar-refractivity contribution is 7.09. The van der Waals surface area contributed by atoms with Gasteiger partial charge < -0.3 is 4.74 Å². The lowest BCUT2D eigenvalue weighted by Crippen LogP contribution is -2.53. The summed E-state index contributed by atoms with van der Waals surface area (Å²) in [6.45, 7) is 7.33. The van der Waals surface area contributed by atoms with Crippen LogP contribution in [0.5, 0.6) is 0 Å². The Kier molecular flexibility index (Phi) is 4.47. The van der Waals surface area contributed by atoms with Gasteiger partial charge in [-0.2, -0.15) is 0 Å². The van der Waals surface area contributed by atoms with Crippen molar-refractivity contribution in [1.82, 2.24) is 4.90 Å². The monoisotopic (exact) mass is 273 g/mol. The van der Waals surface area contributed by atoms with Crippen molar-refractivity contribution in [1.29, 1.82) is 0 Å². The zero-order valence-corrected chi connectivity index (χ0v) is 12.1. The van der Waals surface area contributed by atoms with Crippen LogP contribution in [-0.2, 0) is 11.2 Å². The molecule has 1 unspecified atom stereocenters. The number of rotatable bonds is 4. The van der Waals surface area contributed by atoms with Crippen molar-refractivity contribution in [2.45, 2.75) is 32.0 Å². The average Bonchev–Trinajstić information content (AvgIpc) is 2.77. The highest BCUT2D eigenvalue weighted by Gasteiger charge is 2.32. The van der Waals surface area contributed by atoms with Crippen LogP contribution in [0.2, 0.25) is 0 Å². The predicted molar refractivity (Wildman–Crippen MR) is 74.1 cm³/mol. The Labute approximate surface area is 113 Å². The molecular formula is C13H20ClNOS. The summed E-state index contributed by atoms with van der Waals surface area (Å²) in [5, 5.41) is 2.14. The number of nitrogens with zero attached hydrogens (tertiary/aromatic N) is 1. The van der Waals surface area contributed by atoms with Crippen LogP contribution >= 0.6 is 22.9 Å². The molecule has 1 atom stereocenters. The van der Waals surface area contributed by atoms with Gasteiger partial charge in [-0.15, -0.1) is 22.9 Å². The molecule has 0 aromatic carbocycles. The molecule has 0 radical (unpaired) electrons. The number of morpholine rings is 1. The second kappa shape index (κ2) is 5.70. The van der Waals surface area contributed by atoms with Crippen molar-refractivity contribution in [2.24, 2.45) is 0 Å². The minimum atomic E-state index is -0.0761. The highest BCUT2D eigenvalue weighted by atomic mass is 35.5. The zero-order chi connectivity index (χ0) is 12.3. The topological polar surface area (TPSA) is 12.5 Å². The van der Waals surface area contributed by atoms with Gasteiger partial charge >= 0.3 is 0 Å². The lowest BCUT2D eigenvalue weighted by atomic mass is 10.1. The van der Waals surface area contributed by atoms with Gasteiger partial charge in [0.25, 0.3) is 0 Å². The lowest BCUT2D eigenvalue weighted by molar-refractivity contribution is -0.126. The molecule has 0 N–H and O–H groups in total. The van der Waals surface area contributed by atoms with E-state index in [4.69, 9.17) is 16.3 Å². The third-order valence-corrected chi connectivity index (χ3v) is 4.26. The SMILES string of the molecule is CC1(C)CN(CCc2cccs2)CC(CCl)O1. The summed E-state index contributed by atoms with van der Waals surface area (Å²) in [7, 11) is 0. The molecule has 0 bridgehead atoms. The molecule has 1 saturated heterocycles. The number of hydrogen-bond acceptors (Lipinski definition) is 3. The standard InChI is InChI=1S/C13H20ClNOS/c1-13(2)10-15(9-11(8-14)16-13)6-5-12-4-3-7-17-12/h3-4,7,11H,5-6,8-10H2,1-2H3. The molecule has 1 fully saturated rings. The molecule has 2 heterocycles. The first-order chi connectivity index (χ1) is 8.09. The summed E-state index contributed by atoms with van der Waals surface area (Å²) in [5.41, 5.74) is -0.0761. The normalized spacial score (nSPS) is 25.0. The van der Waals surface area contributed by atoms with E-state index in [1.807, 2.05) is 11.3 Å². The molecule has 1 aromatic heterocycles. The maximum absolute atomic E-state index is 5.92. The minimum Gasteiger partial charge on any atom is -0.368 e. The molecule has 2 nitrogen and oxygen atoms in total. The smallest absolute Gasteiger partial charge is 0.0844 e. The summed E-state index contributed by atoms with van der Waals surface area (Å²) in [6.07, 6.45) is 1.30. The van der Waals surface area contributed by atoms with E-state index < -0.39 is 0 Å². The van der Waals surface area contributed by atoms with Crippen molar-refractivity contribution in [2.75, 3.05) is 25.5 Å². The van der Waals surface area contributed by atoms with E-state index in [0.717, 1.165) is 26.1 Å². The highest BCUT2D eigenvalue weighted by Crippen LogP contribution is 2.22. The van der Waals surface area contributed by atoms with E-state index in [1.165, 1.54) is 4.88 Å². The third-order valence-electron chi connectivity index (χ3n) is 2.98. The van der Waals surface area contributed by atoms with Crippen LogP contribution in [0, 0.1) is 0 Å². The Morgan fingerprint density at radius 3 is 3.06 bits per heavy atom. The molecule has 96 valence electrons. The fourth-order valence-electron chi connectivity index (χ4n) is 2.39. The summed E-state index contributed by atoms with van der Waals surface area (Å²) in [6, 6.07) is 4.32. The fourth-order valence-corrected chi connectivity index (χ4v) is 3.25. The van der Waals surface area contributed by atoms with Crippen LogP contribution in [0.15, 0.2) is 17.5 Å². The number of thiophene rings is 1. The van der Waals surface area contributed by atoms with Gasteiger partial charge in [0, 0.05) is 30.4 Å². The molecule has 1 aliphatic rings. The lowest BCUT2D eigenvalue weighted by Gasteiger charge is -2.42. The third kappa shape index (κ3) is 3.95. The van der Waals surface area contributed by atoms with E-state index in [0.29, 0.717) is 5.88 Å². The Morgan fingerprint density at radius 2 is 2.41 bits per heavy atom. The van der Waals surface area contributed by atoms with Crippen LogP contribution in [0.1, 0.15) is 18.7 Å². The van der Waals surface area contributed by atoms with Crippen molar-refractivity contribution >= 4 is 22.9 Å². The summed E-state index contributed by atoms with van der Waals surface area (Å²) in [5.74, 6) is 0.582. The largest absolute Gasteiger partial charge is 0.368 e. The molecule has 0 amide bonds. The Morgan fingerprint density at radius 1 is 1.59 bits per heavy atom. The van der Waals surface area contributed by atoms with Crippen LogP contribution < -0.4 is 0 Å². The predicted octanol–water partition coefficient (Wildman–Crippen LogP) is 3.01. The number of hydrogen-bond donors (Lipinski definition) is 0. The van der Waals surface area contributed by atoms with Gasteiger partial charge in [0.05, 0.1) is 11.7 Å². The molecule has 1 aromatic rings. The van der Waals surface area contributed by atoms with E-state index in [9.17, 15) is 0 Å². The zero-order valence-electron chi connectivity index (χ0n) is 10.5. The Bertz CT molecular complexity index is 339.